The summed E-state index contributed by atoms with van der Waals surface area (Å²) in [5.74, 6) is 1.96. The van der Waals surface area contributed by atoms with Crippen LogP contribution in [0.15, 0.2) is 30.9 Å². The molecular weight excluding hydrogens is 254 g/mol. The van der Waals surface area contributed by atoms with E-state index in [9.17, 15) is 0 Å². The van der Waals surface area contributed by atoms with Crippen LogP contribution in [0.4, 0.5) is 11.6 Å². The molecule has 2 heterocycles. The Balaban J connectivity index is 2.22. The Labute approximate surface area is 118 Å². The third kappa shape index (κ3) is 3.14. The average molecular weight is 273 g/mol. The van der Waals surface area contributed by atoms with E-state index in [1.807, 2.05) is 32.2 Å². The van der Waals surface area contributed by atoms with Gasteiger partial charge in [-0.1, -0.05) is 6.07 Å². The van der Waals surface area contributed by atoms with E-state index in [-0.39, 0.29) is 6.04 Å². The number of nitrogens with zero attached hydrogens (tertiary/aromatic N) is 3. The maximum Gasteiger partial charge on any atom is 0.204 e. The van der Waals surface area contributed by atoms with Crippen LogP contribution in [-0.4, -0.2) is 28.6 Å². The normalized spacial score (nSPS) is 11.8. The highest BCUT2D eigenvalue weighted by molar-refractivity contribution is 5.64. The number of aromatic nitrogens is 3. The maximum atomic E-state index is 5.40. The van der Waals surface area contributed by atoms with Gasteiger partial charge in [-0.15, -0.1) is 0 Å². The highest BCUT2D eigenvalue weighted by Gasteiger charge is 2.14. The van der Waals surface area contributed by atoms with Gasteiger partial charge < -0.3 is 15.4 Å². The molecule has 0 spiro atoms. The molecule has 0 bridgehead atoms. The van der Waals surface area contributed by atoms with Gasteiger partial charge in [-0.25, -0.2) is 9.97 Å². The lowest BCUT2D eigenvalue weighted by Crippen LogP contribution is -2.11. The van der Waals surface area contributed by atoms with Gasteiger partial charge >= 0.3 is 0 Å². The Hall–Kier alpha value is -2.37. The van der Waals surface area contributed by atoms with E-state index in [1.54, 1.807) is 13.3 Å². The van der Waals surface area contributed by atoms with Crippen molar-refractivity contribution in [2.75, 3.05) is 24.3 Å². The molecule has 1 atom stereocenters. The minimum Gasteiger partial charge on any atom is -0.490 e. The third-order valence-electron chi connectivity index (χ3n) is 2.89. The summed E-state index contributed by atoms with van der Waals surface area (Å²) < 4.78 is 5.40. The number of nitrogens with one attached hydrogen (secondary N) is 2. The zero-order valence-corrected chi connectivity index (χ0v) is 11.9. The number of anilines is 2. The van der Waals surface area contributed by atoms with Gasteiger partial charge in [-0.2, -0.15) is 0 Å². The highest BCUT2D eigenvalue weighted by atomic mass is 16.5. The summed E-state index contributed by atoms with van der Waals surface area (Å²) >= 11 is 0. The van der Waals surface area contributed by atoms with E-state index in [4.69, 9.17) is 4.74 Å². The molecular formula is C14H19N5O. The van der Waals surface area contributed by atoms with Crippen LogP contribution in [0.25, 0.3) is 0 Å². The van der Waals surface area contributed by atoms with Gasteiger partial charge in [0.05, 0.1) is 13.2 Å². The molecule has 0 aliphatic heterocycles. The molecule has 2 N–H and O–H groups in total. The van der Waals surface area contributed by atoms with Crippen LogP contribution in [0.2, 0.25) is 0 Å². The first-order valence-corrected chi connectivity index (χ1v) is 6.55. The van der Waals surface area contributed by atoms with Crippen LogP contribution in [0.3, 0.4) is 0 Å². The largest absolute Gasteiger partial charge is 0.490 e. The van der Waals surface area contributed by atoms with Gasteiger partial charge in [-0.3, -0.25) is 4.98 Å². The van der Waals surface area contributed by atoms with Crippen LogP contribution < -0.4 is 15.4 Å². The molecule has 2 aromatic heterocycles. The monoisotopic (exact) mass is 273 g/mol. The SMILES string of the molecule is CCNc1ncnc(NC(C)c2cccnc2)c1OC. The van der Waals surface area contributed by atoms with Gasteiger partial charge in [0.2, 0.25) is 5.75 Å². The summed E-state index contributed by atoms with van der Waals surface area (Å²) in [6.07, 6.45) is 5.10. The van der Waals surface area contributed by atoms with Gasteiger partial charge in [0.1, 0.15) is 6.33 Å². The maximum absolute atomic E-state index is 5.40. The van der Waals surface area contributed by atoms with Crippen LogP contribution in [-0.2, 0) is 0 Å². The van der Waals surface area contributed by atoms with E-state index < -0.39 is 0 Å². The van der Waals surface area contributed by atoms with Gasteiger partial charge in [-0.05, 0) is 25.5 Å². The summed E-state index contributed by atoms with van der Waals surface area (Å²) in [5, 5.41) is 6.47. The third-order valence-corrected chi connectivity index (χ3v) is 2.89. The van der Waals surface area contributed by atoms with Crippen LogP contribution in [0.5, 0.6) is 5.75 Å². The number of ether oxygens (including phenoxy) is 1. The van der Waals surface area contributed by atoms with Gasteiger partial charge in [0, 0.05) is 18.9 Å². The van der Waals surface area contributed by atoms with E-state index in [0.717, 1.165) is 12.1 Å². The number of hydrogen-bond donors (Lipinski definition) is 2. The van der Waals surface area contributed by atoms with E-state index in [1.165, 1.54) is 6.33 Å². The van der Waals surface area contributed by atoms with Crippen molar-refractivity contribution in [2.45, 2.75) is 19.9 Å². The van der Waals surface area contributed by atoms with Crippen molar-refractivity contribution in [1.29, 1.82) is 0 Å². The Morgan fingerprint density at radius 2 is 2.10 bits per heavy atom. The molecule has 0 fully saturated rings. The summed E-state index contributed by atoms with van der Waals surface area (Å²) in [5.41, 5.74) is 1.08. The molecule has 0 aliphatic carbocycles. The van der Waals surface area contributed by atoms with Crippen molar-refractivity contribution in [2.24, 2.45) is 0 Å². The Bertz CT molecular complexity index is 547. The molecule has 0 radical (unpaired) electrons. The summed E-state index contributed by atoms with van der Waals surface area (Å²) in [7, 11) is 1.61. The fraction of sp³-hybridized carbons (Fsp3) is 0.357. The Morgan fingerprint density at radius 1 is 1.30 bits per heavy atom. The Kier molecular flexibility index (Phi) is 4.70. The van der Waals surface area contributed by atoms with Gasteiger partial charge in [0.25, 0.3) is 0 Å². The quantitative estimate of drug-likeness (QED) is 0.842. The first kappa shape index (κ1) is 14.0. The molecule has 2 aromatic rings. The highest BCUT2D eigenvalue weighted by Crippen LogP contribution is 2.31. The second kappa shape index (κ2) is 6.70. The molecule has 0 saturated heterocycles. The van der Waals surface area contributed by atoms with E-state index in [0.29, 0.717) is 17.4 Å². The molecule has 0 amide bonds. The molecule has 0 saturated carbocycles. The zero-order valence-electron chi connectivity index (χ0n) is 11.9. The van der Waals surface area contributed by atoms with Gasteiger partial charge in [0.15, 0.2) is 11.6 Å². The molecule has 6 heteroatoms. The molecule has 0 aromatic carbocycles. The molecule has 0 aliphatic rings. The van der Waals surface area contributed by atoms with Crippen LogP contribution in [0.1, 0.15) is 25.5 Å². The van der Waals surface area contributed by atoms with Crippen molar-refractivity contribution in [3.8, 4) is 5.75 Å². The second-order valence-electron chi connectivity index (χ2n) is 4.29. The number of hydrogen-bond acceptors (Lipinski definition) is 6. The van der Waals surface area contributed by atoms with Crippen molar-refractivity contribution in [3.05, 3.63) is 36.4 Å². The lowest BCUT2D eigenvalue weighted by Gasteiger charge is -2.18. The summed E-state index contributed by atoms with van der Waals surface area (Å²) in [4.78, 5) is 12.6. The first-order valence-electron chi connectivity index (χ1n) is 6.55. The molecule has 1 unspecified atom stereocenters. The number of methoxy groups -OCH3 is 1. The zero-order chi connectivity index (χ0) is 14.4. The minimum absolute atomic E-state index is 0.0713. The lowest BCUT2D eigenvalue weighted by molar-refractivity contribution is 0.414. The standard InChI is InChI=1S/C14H19N5O/c1-4-16-13-12(20-3)14(18-9-17-13)19-10(2)11-6-5-7-15-8-11/h5-10H,4H2,1-3H3,(H2,16,17,18,19). The average Bonchev–Trinajstić information content (AvgIpc) is 2.49. The van der Waals surface area contributed by atoms with Crippen LogP contribution in [0, 0.1) is 0 Å². The molecule has 20 heavy (non-hydrogen) atoms. The lowest BCUT2D eigenvalue weighted by atomic mass is 10.1. The smallest absolute Gasteiger partial charge is 0.204 e. The van der Waals surface area contributed by atoms with E-state index >= 15 is 0 Å². The predicted molar refractivity (Wildman–Crippen MR) is 79.0 cm³/mol. The number of pyridine rings is 1. The topological polar surface area (TPSA) is 72.0 Å². The fourth-order valence-corrected chi connectivity index (χ4v) is 1.88. The Morgan fingerprint density at radius 3 is 2.75 bits per heavy atom. The van der Waals surface area contributed by atoms with Crippen molar-refractivity contribution < 1.29 is 4.74 Å². The van der Waals surface area contributed by atoms with E-state index in [2.05, 4.69) is 25.6 Å². The van der Waals surface area contributed by atoms with Crippen molar-refractivity contribution in [3.63, 3.8) is 0 Å². The fourth-order valence-electron chi connectivity index (χ4n) is 1.88. The first-order chi connectivity index (χ1) is 9.76. The molecule has 2 rings (SSSR count). The second-order valence-corrected chi connectivity index (χ2v) is 4.29. The van der Waals surface area contributed by atoms with Crippen molar-refractivity contribution in [1.82, 2.24) is 15.0 Å². The van der Waals surface area contributed by atoms with Crippen LogP contribution >= 0.6 is 0 Å². The summed E-state index contributed by atoms with van der Waals surface area (Å²) in [6, 6.07) is 4.00. The number of rotatable bonds is 6. The summed E-state index contributed by atoms with van der Waals surface area (Å²) in [6.45, 7) is 4.82. The molecule has 6 nitrogen and oxygen atoms in total. The molecule has 106 valence electrons. The predicted octanol–water partition coefficient (Wildman–Crippen LogP) is 2.49. The van der Waals surface area contributed by atoms with Crippen molar-refractivity contribution >= 4 is 11.6 Å². The minimum atomic E-state index is 0.0713.